The van der Waals surface area contributed by atoms with Crippen molar-refractivity contribution in [1.82, 2.24) is 0 Å². The molecule has 0 aromatic heterocycles. The highest BCUT2D eigenvalue weighted by molar-refractivity contribution is 5.50. The van der Waals surface area contributed by atoms with E-state index in [1.807, 2.05) is 6.92 Å². The van der Waals surface area contributed by atoms with E-state index in [1.54, 1.807) is 6.07 Å². The maximum absolute atomic E-state index is 13.4. The van der Waals surface area contributed by atoms with Gasteiger partial charge in [-0.15, -0.1) is 0 Å². The molecule has 0 aliphatic carbocycles. The molecule has 0 saturated carbocycles. The Bertz CT molecular complexity index is 392. The fourth-order valence-electron chi connectivity index (χ4n) is 1.34. The minimum absolute atomic E-state index is 0.0279. The smallest absolute Gasteiger partial charge is 0.150 e. The summed E-state index contributed by atoms with van der Waals surface area (Å²) in [5, 5.41) is 11.2. The number of rotatable bonds is 6. The number of halogens is 2. The predicted octanol–water partition coefficient (Wildman–Crippen LogP) is 2.67. The van der Waals surface area contributed by atoms with Crippen LogP contribution < -0.4 is 5.32 Å². The van der Waals surface area contributed by atoms with Crippen molar-refractivity contribution in [1.29, 1.82) is 5.26 Å². The molecule has 1 aromatic rings. The van der Waals surface area contributed by atoms with Crippen molar-refractivity contribution >= 4 is 5.69 Å². The minimum atomic E-state index is -0.752. The second-order valence-corrected chi connectivity index (χ2v) is 3.40. The van der Waals surface area contributed by atoms with Crippen LogP contribution in [-0.2, 0) is 4.74 Å². The maximum atomic E-state index is 13.4. The van der Waals surface area contributed by atoms with Gasteiger partial charge in [0.2, 0.25) is 0 Å². The maximum Gasteiger partial charge on any atom is 0.150 e. The molecule has 0 radical (unpaired) electrons. The number of nitrogens with one attached hydrogen (secondary N) is 1. The zero-order chi connectivity index (χ0) is 12.7. The lowest BCUT2D eigenvalue weighted by molar-refractivity contribution is 0.147. The number of nitrogens with zero attached hydrogens (tertiary/aromatic N) is 1. The summed E-state index contributed by atoms with van der Waals surface area (Å²) in [5.41, 5.74) is -0.222. The third kappa shape index (κ3) is 4.00. The number of anilines is 1. The first-order chi connectivity index (χ1) is 8.19. The summed E-state index contributed by atoms with van der Waals surface area (Å²) in [6.45, 7) is 3.47. The first-order valence-electron chi connectivity index (χ1n) is 5.39. The lowest BCUT2D eigenvalue weighted by Crippen LogP contribution is -2.08. The Morgan fingerprint density at radius 1 is 1.35 bits per heavy atom. The Morgan fingerprint density at radius 2 is 2.00 bits per heavy atom. The third-order valence-electron chi connectivity index (χ3n) is 2.14. The lowest BCUT2D eigenvalue weighted by atomic mass is 10.2. The van der Waals surface area contributed by atoms with E-state index in [0.29, 0.717) is 26.2 Å². The molecule has 0 fully saturated rings. The van der Waals surface area contributed by atoms with Gasteiger partial charge in [-0.1, -0.05) is 0 Å². The van der Waals surface area contributed by atoms with Gasteiger partial charge < -0.3 is 10.1 Å². The monoisotopic (exact) mass is 240 g/mol. The van der Waals surface area contributed by atoms with Crippen molar-refractivity contribution < 1.29 is 13.5 Å². The quantitative estimate of drug-likeness (QED) is 0.777. The van der Waals surface area contributed by atoms with Crippen LogP contribution in [0, 0.1) is 23.0 Å². The predicted molar refractivity (Wildman–Crippen MR) is 60.7 cm³/mol. The number of benzene rings is 1. The van der Waals surface area contributed by atoms with Gasteiger partial charge >= 0.3 is 0 Å². The SMILES string of the molecule is CCOCCCNc1c(F)cc(C#N)cc1F. The zero-order valence-corrected chi connectivity index (χ0v) is 9.59. The average Bonchev–Trinajstić information content (AvgIpc) is 2.31. The van der Waals surface area contributed by atoms with Gasteiger partial charge in [-0.05, 0) is 25.5 Å². The first-order valence-corrected chi connectivity index (χ1v) is 5.39. The summed E-state index contributed by atoms with van der Waals surface area (Å²) >= 11 is 0. The van der Waals surface area contributed by atoms with Crippen LogP contribution in [0.3, 0.4) is 0 Å². The van der Waals surface area contributed by atoms with Gasteiger partial charge in [-0.3, -0.25) is 0 Å². The Balaban J connectivity index is 2.57. The van der Waals surface area contributed by atoms with Crippen LogP contribution in [0.2, 0.25) is 0 Å². The molecule has 0 amide bonds. The van der Waals surface area contributed by atoms with Crippen molar-refractivity contribution in [2.75, 3.05) is 25.1 Å². The number of hydrogen-bond donors (Lipinski definition) is 1. The van der Waals surface area contributed by atoms with Crippen LogP contribution in [0.25, 0.3) is 0 Å². The van der Waals surface area contributed by atoms with E-state index < -0.39 is 11.6 Å². The summed E-state index contributed by atoms with van der Waals surface area (Å²) in [4.78, 5) is 0. The molecule has 1 rings (SSSR count). The topological polar surface area (TPSA) is 45.0 Å². The molecular weight excluding hydrogens is 226 g/mol. The van der Waals surface area contributed by atoms with Crippen molar-refractivity contribution in [2.24, 2.45) is 0 Å². The second kappa shape index (κ2) is 6.81. The van der Waals surface area contributed by atoms with Gasteiger partial charge in [0.15, 0.2) is 11.6 Å². The van der Waals surface area contributed by atoms with Crippen LogP contribution in [0.4, 0.5) is 14.5 Å². The van der Waals surface area contributed by atoms with Crippen molar-refractivity contribution in [3.63, 3.8) is 0 Å². The number of ether oxygens (including phenoxy) is 1. The van der Waals surface area contributed by atoms with Gasteiger partial charge in [-0.2, -0.15) is 5.26 Å². The van der Waals surface area contributed by atoms with Gasteiger partial charge in [0.05, 0.1) is 11.6 Å². The number of nitriles is 1. The van der Waals surface area contributed by atoms with E-state index in [9.17, 15) is 8.78 Å². The van der Waals surface area contributed by atoms with Crippen LogP contribution >= 0.6 is 0 Å². The largest absolute Gasteiger partial charge is 0.382 e. The minimum Gasteiger partial charge on any atom is -0.382 e. The van der Waals surface area contributed by atoms with Gasteiger partial charge in [0.25, 0.3) is 0 Å². The van der Waals surface area contributed by atoms with E-state index in [1.165, 1.54) is 0 Å². The highest BCUT2D eigenvalue weighted by atomic mass is 19.1. The Hall–Kier alpha value is -1.67. The molecule has 0 unspecified atom stereocenters. The molecule has 1 aromatic carbocycles. The summed E-state index contributed by atoms with van der Waals surface area (Å²) in [5.74, 6) is -1.50. The summed E-state index contributed by atoms with van der Waals surface area (Å²) in [7, 11) is 0. The normalized spacial score (nSPS) is 10.0. The van der Waals surface area contributed by atoms with Crippen LogP contribution in [-0.4, -0.2) is 19.8 Å². The van der Waals surface area contributed by atoms with Crippen molar-refractivity contribution in [3.05, 3.63) is 29.3 Å². The molecule has 5 heteroatoms. The summed E-state index contributed by atoms with van der Waals surface area (Å²) in [6, 6.07) is 3.71. The molecular formula is C12H14F2N2O. The highest BCUT2D eigenvalue weighted by Gasteiger charge is 2.10. The molecule has 17 heavy (non-hydrogen) atoms. The Labute approximate surface area is 99.0 Å². The Morgan fingerprint density at radius 3 is 2.53 bits per heavy atom. The number of hydrogen-bond acceptors (Lipinski definition) is 3. The van der Waals surface area contributed by atoms with Crippen molar-refractivity contribution in [2.45, 2.75) is 13.3 Å². The first kappa shape index (κ1) is 13.4. The molecule has 1 N–H and O–H groups in total. The van der Waals surface area contributed by atoms with Gasteiger partial charge in [-0.25, -0.2) is 8.78 Å². The van der Waals surface area contributed by atoms with Crippen LogP contribution in [0.15, 0.2) is 12.1 Å². The molecule has 3 nitrogen and oxygen atoms in total. The van der Waals surface area contributed by atoms with Gasteiger partial charge in [0, 0.05) is 19.8 Å². The fourth-order valence-corrected chi connectivity index (χ4v) is 1.34. The van der Waals surface area contributed by atoms with E-state index in [4.69, 9.17) is 10.00 Å². The Kier molecular flexibility index (Phi) is 5.37. The van der Waals surface area contributed by atoms with Gasteiger partial charge in [0.1, 0.15) is 5.69 Å². The molecule has 0 bridgehead atoms. The highest BCUT2D eigenvalue weighted by Crippen LogP contribution is 2.20. The molecule has 0 saturated heterocycles. The van der Waals surface area contributed by atoms with Crippen LogP contribution in [0.1, 0.15) is 18.9 Å². The average molecular weight is 240 g/mol. The molecule has 92 valence electrons. The van der Waals surface area contributed by atoms with Crippen molar-refractivity contribution in [3.8, 4) is 6.07 Å². The zero-order valence-electron chi connectivity index (χ0n) is 9.59. The van der Waals surface area contributed by atoms with E-state index in [-0.39, 0.29) is 11.3 Å². The summed E-state index contributed by atoms with van der Waals surface area (Å²) < 4.78 is 31.9. The molecule has 0 aliphatic heterocycles. The van der Waals surface area contributed by atoms with E-state index in [0.717, 1.165) is 12.1 Å². The lowest BCUT2D eigenvalue weighted by Gasteiger charge is -2.09. The molecule has 0 atom stereocenters. The molecule has 0 spiro atoms. The summed E-state index contributed by atoms with van der Waals surface area (Å²) in [6.07, 6.45) is 0.659. The molecule has 0 heterocycles. The van der Waals surface area contributed by atoms with Crippen LogP contribution in [0.5, 0.6) is 0 Å². The van der Waals surface area contributed by atoms with E-state index in [2.05, 4.69) is 5.32 Å². The molecule has 0 aliphatic rings. The standard InChI is InChI=1S/C12H14F2N2O/c1-2-17-5-3-4-16-12-10(13)6-9(8-15)7-11(12)14/h6-7,16H,2-5H2,1H3. The second-order valence-electron chi connectivity index (χ2n) is 3.40. The fraction of sp³-hybridized carbons (Fsp3) is 0.417. The van der Waals surface area contributed by atoms with E-state index >= 15 is 0 Å². The third-order valence-corrected chi connectivity index (χ3v) is 2.14.